The van der Waals surface area contributed by atoms with Crippen LogP contribution < -0.4 is 5.32 Å². The van der Waals surface area contributed by atoms with Crippen LogP contribution in [0, 0.1) is 12.3 Å². The lowest BCUT2D eigenvalue weighted by atomic mass is 9.75. The Morgan fingerprint density at radius 1 is 1.31 bits per heavy atom. The van der Waals surface area contributed by atoms with Crippen LogP contribution in [0.1, 0.15) is 19.3 Å². The van der Waals surface area contributed by atoms with Gasteiger partial charge in [0.1, 0.15) is 0 Å². The van der Waals surface area contributed by atoms with Crippen LogP contribution in [0.3, 0.4) is 0 Å². The minimum absolute atomic E-state index is 0.431. The first-order valence-corrected chi connectivity index (χ1v) is 6.11. The smallest absolute Gasteiger partial charge is 0.0574 e. The molecule has 0 unspecified atom stereocenters. The fourth-order valence-electron chi connectivity index (χ4n) is 2.34. The molecule has 1 fully saturated rings. The summed E-state index contributed by atoms with van der Waals surface area (Å²) in [6.45, 7) is 3.88. The zero-order valence-corrected chi connectivity index (χ0v) is 10.9. The summed E-state index contributed by atoms with van der Waals surface area (Å²) >= 11 is 0. The van der Waals surface area contributed by atoms with Crippen LogP contribution >= 0.6 is 0 Å². The van der Waals surface area contributed by atoms with Crippen LogP contribution in [0.2, 0.25) is 0 Å². The molecule has 0 heterocycles. The Hall–Kier alpha value is -0.560. The van der Waals surface area contributed by atoms with E-state index in [4.69, 9.17) is 6.42 Å². The molecule has 1 N–H and O–H groups in total. The van der Waals surface area contributed by atoms with Gasteiger partial charge < -0.3 is 15.1 Å². The van der Waals surface area contributed by atoms with Crippen molar-refractivity contribution in [2.24, 2.45) is 0 Å². The highest BCUT2D eigenvalue weighted by atomic mass is 15.2. The van der Waals surface area contributed by atoms with E-state index in [0.717, 1.165) is 19.6 Å². The van der Waals surface area contributed by atoms with Gasteiger partial charge in [-0.05, 0) is 40.4 Å². The molecule has 0 aliphatic heterocycles. The predicted molar refractivity (Wildman–Crippen MR) is 69.5 cm³/mol. The number of likely N-dealkylation sites (N-methyl/N-ethyl adjacent to an activating group) is 2. The number of terminal acetylenes is 1. The average Bonchev–Trinajstić information content (AvgIpc) is 2.18. The summed E-state index contributed by atoms with van der Waals surface area (Å²) in [7, 11) is 6.59. The highest BCUT2D eigenvalue weighted by Crippen LogP contribution is 2.36. The van der Waals surface area contributed by atoms with Gasteiger partial charge in [0.2, 0.25) is 0 Å². The van der Waals surface area contributed by atoms with E-state index in [1.54, 1.807) is 0 Å². The van der Waals surface area contributed by atoms with Crippen LogP contribution in [0.25, 0.3) is 0 Å². The van der Waals surface area contributed by atoms with Crippen molar-refractivity contribution in [2.75, 3.05) is 47.3 Å². The zero-order valence-electron chi connectivity index (χ0n) is 10.9. The molecular formula is C13H25N3. The second-order valence-electron chi connectivity index (χ2n) is 5.09. The molecule has 0 saturated heterocycles. The Labute approximate surface area is 100 Å². The molecule has 16 heavy (non-hydrogen) atoms. The molecule has 0 aromatic rings. The van der Waals surface area contributed by atoms with Gasteiger partial charge in [-0.2, -0.15) is 0 Å². The minimum atomic E-state index is 0.431. The third-order valence-corrected chi connectivity index (χ3v) is 3.69. The fraction of sp³-hybridized carbons (Fsp3) is 0.846. The molecule has 1 saturated carbocycles. The maximum Gasteiger partial charge on any atom is 0.0574 e. The Morgan fingerprint density at radius 3 is 2.44 bits per heavy atom. The molecule has 1 rings (SSSR count). The molecule has 3 nitrogen and oxygen atoms in total. The van der Waals surface area contributed by atoms with Crippen LogP contribution in [0.4, 0.5) is 0 Å². The van der Waals surface area contributed by atoms with Gasteiger partial charge in [0.25, 0.3) is 0 Å². The molecule has 3 heteroatoms. The fourth-order valence-corrected chi connectivity index (χ4v) is 2.34. The highest BCUT2D eigenvalue weighted by Gasteiger charge is 2.39. The monoisotopic (exact) mass is 223 g/mol. The van der Waals surface area contributed by atoms with Crippen LogP contribution in [0.5, 0.6) is 0 Å². The van der Waals surface area contributed by atoms with Gasteiger partial charge in [-0.3, -0.25) is 0 Å². The molecule has 92 valence electrons. The van der Waals surface area contributed by atoms with Crippen molar-refractivity contribution in [3.8, 4) is 12.3 Å². The Bertz CT molecular complexity index is 238. The van der Waals surface area contributed by atoms with Crippen molar-refractivity contribution >= 4 is 0 Å². The normalized spacial score (nSPS) is 18.5. The number of rotatable bonds is 7. The summed E-state index contributed by atoms with van der Waals surface area (Å²) in [5, 5.41) is 3.23. The summed E-state index contributed by atoms with van der Waals surface area (Å²) < 4.78 is 0. The van der Waals surface area contributed by atoms with Crippen molar-refractivity contribution in [3.05, 3.63) is 0 Å². The van der Waals surface area contributed by atoms with E-state index in [1.165, 1.54) is 19.3 Å². The largest absolute Gasteiger partial charge is 0.305 e. The Kier molecular flexibility index (Phi) is 5.27. The van der Waals surface area contributed by atoms with Crippen molar-refractivity contribution in [1.82, 2.24) is 15.1 Å². The third kappa shape index (κ3) is 3.48. The SMILES string of the molecule is C#CCNCCN(C)CC1(N(C)C)CCC1. The van der Waals surface area contributed by atoms with Crippen LogP contribution in [-0.2, 0) is 0 Å². The van der Waals surface area contributed by atoms with Crippen LogP contribution in [0.15, 0.2) is 0 Å². The molecule has 0 atom stereocenters. The number of hydrogen-bond acceptors (Lipinski definition) is 3. The van der Waals surface area contributed by atoms with E-state index >= 15 is 0 Å². The van der Waals surface area contributed by atoms with E-state index in [9.17, 15) is 0 Å². The summed E-state index contributed by atoms with van der Waals surface area (Å²) in [5.74, 6) is 2.59. The molecule has 0 aromatic heterocycles. The van der Waals surface area contributed by atoms with Gasteiger partial charge in [0.15, 0.2) is 0 Å². The lowest BCUT2D eigenvalue weighted by Crippen LogP contribution is -2.57. The molecule has 1 aliphatic rings. The maximum atomic E-state index is 5.18. The van der Waals surface area contributed by atoms with Gasteiger partial charge in [-0.25, -0.2) is 0 Å². The molecule has 0 amide bonds. The second-order valence-corrected chi connectivity index (χ2v) is 5.09. The second kappa shape index (κ2) is 6.24. The topological polar surface area (TPSA) is 18.5 Å². The third-order valence-electron chi connectivity index (χ3n) is 3.69. The first-order valence-electron chi connectivity index (χ1n) is 6.11. The molecule has 0 aromatic carbocycles. The summed E-state index contributed by atoms with van der Waals surface area (Å²) in [4.78, 5) is 4.80. The van der Waals surface area contributed by atoms with Crippen molar-refractivity contribution < 1.29 is 0 Å². The standard InChI is InChI=1S/C13H25N3/c1-5-9-14-10-11-16(4)12-13(15(2)3)7-6-8-13/h1,14H,6-12H2,2-4H3. The van der Waals surface area contributed by atoms with Gasteiger partial charge >= 0.3 is 0 Å². The van der Waals surface area contributed by atoms with Crippen molar-refractivity contribution in [2.45, 2.75) is 24.8 Å². The van der Waals surface area contributed by atoms with Gasteiger partial charge in [-0.1, -0.05) is 5.92 Å². The molecule has 0 radical (unpaired) electrons. The summed E-state index contributed by atoms with van der Waals surface area (Å²) in [6, 6.07) is 0. The number of hydrogen-bond donors (Lipinski definition) is 1. The lowest BCUT2D eigenvalue weighted by Gasteiger charge is -2.49. The molecular weight excluding hydrogens is 198 g/mol. The molecule has 0 spiro atoms. The summed E-state index contributed by atoms with van der Waals surface area (Å²) in [5.41, 5.74) is 0.431. The molecule has 1 aliphatic carbocycles. The van der Waals surface area contributed by atoms with E-state index < -0.39 is 0 Å². The average molecular weight is 223 g/mol. The number of nitrogens with one attached hydrogen (secondary N) is 1. The van der Waals surface area contributed by atoms with Gasteiger partial charge in [-0.15, -0.1) is 6.42 Å². The Morgan fingerprint density at radius 2 is 2.00 bits per heavy atom. The Balaban J connectivity index is 2.22. The van der Waals surface area contributed by atoms with E-state index in [1.807, 2.05) is 0 Å². The van der Waals surface area contributed by atoms with Crippen LogP contribution in [-0.4, -0.2) is 62.7 Å². The van der Waals surface area contributed by atoms with E-state index in [0.29, 0.717) is 12.1 Å². The number of nitrogens with zero attached hydrogens (tertiary/aromatic N) is 2. The first-order chi connectivity index (χ1) is 7.60. The summed E-state index contributed by atoms with van der Waals surface area (Å²) in [6.07, 6.45) is 9.23. The maximum absolute atomic E-state index is 5.18. The van der Waals surface area contributed by atoms with Gasteiger partial charge in [0, 0.05) is 25.2 Å². The van der Waals surface area contributed by atoms with E-state index in [2.05, 4.69) is 42.2 Å². The van der Waals surface area contributed by atoms with Crippen molar-refractivity contribution in [3.63, 3.8) is 0 Å². The minimum Gasteiger partial charge on any atom is -0.305 e. The molecule has 0 bridgehead atoms. The van der Waals surface area contributed by atoms with Crippen molar-refractivity contribution in [1.29, 1.82) is 0 Å². The van der Waals surface area contributed by atoms with Gasteiger partial charge in [0.05, 0.1) is 6.54 Å². The predicted octanol–water partition coefficient (Wildman–Crippen LogP) is 0.625. The van der Waals surface area contributed by atoms with E-state index in [-0.39, 0.29) is 0 Å². The zero-order chi connectivity index (χ0) is 12.0. The lowest BCUT2D eigenvalue weighted by molar-refractivity contribution is 0.0282. The highest BCUT2D eigenvalue weighted by molar-refractivity contribution is 4.97. The quantitative estimate of drug-likeness (QED) is 0.504. The first kappa shape index (κ1) is 13.5.